The second-order valence-electron chi connectivity index (χ2n) is 8.07. The Kier molecular flexibility index (Phi) is 7.69. The van der Waals surface area contributed by atoms with Gasteiger partial charge in [-0.15, -0.1) is 0 Å². The molecule has 0 spiro atoms. The number of phenols is 1. The lowest BCUT2D eigenvalue weighted by Gasteiger charge is -2.11. The van der Waals surface area contributed by atoms with Crippen molar-refractivity contribution < 1.29 is 24.2 Å². The number of amides is 2. The Hall–Kier alpha value is -4.44. The maximum Gasteiger partial charge on any atom is 0.354 e. The van der Waals surface area contributed by atoms with Crippen LogP contribution in [0.4, 0.5) is 0 Å². The molecule has 0 aliphatic carbocycles. The Morgan fingerprint density at radius 1 is 1.05 bits per heavy atom. The first-order valence-corrected chi connectivity index (χ1v) is 11.9. The number of fused-ring (bicyclic) bond motifs is 1. The second-order valence-corrected chi connectivity index (χ2v) is 8.92. The molecular weight excluding hydrogens is 540 g/mol. The fourth-order valence-electron chi connectivity index (χ4n) is 3.66. The van der Waals surface area contributed by atoms with Crippen molar-refractivity contribution in [3.05, 3.63) is 99.4 Å². The third kappa shape index (κ3) is 5.87. The molecule has 1 aromatic heterocycles. The number of rotatable bonds is 7. The van der Waals surface area contributed by atoms with E-state index in [1.807, 2.05) is 24.3 Å². The first-order valence-electron chi connectivity index (χ1n) is 11.2. The molecule has 0 fully saturated rings. The van der Waals surface area contributed by atoms with Gasteiger partial charge in [0.1, 0.15) is 17.3 Å². The number of phenolic OH excluding ortho intramolecular Hbond substituents is 1. The van der Waals surface area contributed by atoms with E-state index in [0.29, 0.717) is 15.9 Å². The molecule has 188 valence electrons. The molecular formula is C27H23BrN4O5. The van der Waals surface area contributed by atoms with Crippen molar-refractivity contribution in [3.63, 3.8) is 0 Å². The van der Waals surface area contributed by atoms with Crippen LogP contribution < -0.4 is 10.6 Å². The SMILES string of the molecule is COC(=O)/C(=C\c1nc2ccccc2n1C)NC(=O)c1ccc(C(=O)NCc2cccc(O)c2)cc1Br. The zero-order chi connectivity index (χ0) is 26.5. The third-order valence-corrected chi connectivity index (χ3v) is 6.24. The summed E-state index contributed by atoms with van der Waals surface area (Å²) in [6.07, 6.45) is 1.45. The molecule has 2 amide bonds. The van der Waals surface area contributed by atoms with E-state index in [9.17, 15) is 19.5 Å². The number of carbonyl (C=O) groups is 3. The predicted octanol–water partition coefficient (Wildman–Crippen LogP) is 3.92. The van der Waals surface area contributed by atoms with Crippen molar-refractivity contribution in [2.75, 3.05) is 7.11 Å². The molecule has 0 radical (unpaired) electrons. The van der Waals surface area contributed by atoms with Gasteiger partial charge in [-0.3, -0.25) is 9.59 Å². The molecule has 0 saturated carbocycles. The fraction of sp³-hybridized carbons (Fsp3) is 0.111. The maximum atomic E-state index is 13.0. The number of aromatic nitrogens is 2. The highest BCUT2D eigenvalue weighted by molar-refractivity contribution is 9.10. The van der Waals surface area contributed by atoms with E-state index >= 15 is 0 Å². The molecule has 3 N–H and O–H groups in total. The molecule has 0 atom stereocenters. The molecule has 0 aliphatic heterocycles. The van der Waals surface area contributed by atoms with Crippen molar-refractivity contribution in [2.45, 2.75) is 6.54 Å². The van der Waals surface area contributed by atoms with Gasteiger partial charge in [-0.25, -0.2) is 9.78 Å². The number of carbonyl (C=O) groups excluding carboxylic acids is 3. The summed E-state index contributed by atoms with van der Waals surface area (Å²) in [5.74, 6) is -1.09. The summed E-state index contributed by atoms with van der Waals surface area (Å²) >= 11 is 3.34. The lowest BCUT2D eigenvalue weighted by Crippen LogP contribution is -2.29. The first kappa shape index (κ1) is 25.6. The van der Waals surface area contributed by atoms with Crippen LogP contribution >= 0.6 is 15.9 Å². The van der Waals surface area contributed by atoms with E-state index in [1.54, 1.807) is 35.9 Å². The standard InChI is InChI=1S/C27H23BrN4O5/c1-32-23-9-4-3-8-21(23)30-24(32)14-22(27(36)37-2)31-26(35)19-11-10-17(13-20(19)28)25(34)29-15-16-6-5-7-18(33)12-16/h3-14,33H,15H2,1-2H3,(H,29,34)(H,31,35)/b22-14+. The number of benzene rings is 3. The zero-order valence-corrected chi connectivity index (χ0v) is 21.6. The second kappa shape index (κ2) is 11.1. The number of esters is 1. The van der Waals surface area contributed by atoms with Gasteiger partial charge in [0.15, 0.2) is 0 Å². The van der Waals surface area contributed by atoms with Crippen LogP contribution in [0.25, 0.3) is 17.1 Å². The van der Waals surface area contributed by atoms with Crippen molar-refractivity contribution in [2.24, 2.45) is 7.05 Å². The van der Waals surface area contributed by atoms with Gasteiger partial charge in [0, 0.05) is 29.7 Å². The molecule has 37 heavy (non-hydrogen) atoms. The van der Waals surface area contributed by atoms with E-state index in [2.05, 4.69) is 31.5 Å². The summed E-state index contributed by atoms with van der Waals surface area (Å²) in [5, 5.41) is 14.9. The number of hydrogen-bond donors (Lipinski definition) is 3. The Morgan fingerprint density at radius 2 is 1.84 bits per heavy atom. The van der Waals surface area contributed by atoms with Gasteiger partial charge in [0.25, 0.3) is 11.8 Å². The average Bonchev–Trinajstić information content (AvgIpc) is 3.21. The Labute approximate surface area is 220 Å². The minimum Gasteiger partial charge on any atom is -0.508 e. The third-order valence-electron chi connectivity index (χ3n) is 5.59. The molecule has 0 aliphatic rings. The van der Waals surface area contributed by atoms with Gasteiger partial charge in [0.05, 0.1) is 23.7 Å². The van der Waals surface area contributed by atoms with Crippen LogP contribution in [-0.4, -0.2) is 39.6 Å². The van der Waals surface area contributed by atoms with Crippen molar-refractivity contribution in [1.29, 1.82) is 0 Å². The van der Waals surface area contributed by atoms with Crippen LogP contribution in [0.1, 0.15) is 32.1 Å². The van der Waals surface area contributed by atoms with Gasteiger partial charge in [-0.1, -0.05) is 24.3 Å². The number of nitrogens with zero attached hydrogens (tertiary/aromatic N) is 2. The Morgan fingerprint density at radius 3 is 2.54 bits per heavy atom. The summed E-state index contributed by atoms with van der Waals surface area (Å²) < 4.78 is 7.01. The highest BCUT2D eigenvalue weighted by atomic mass is 79.9. The lowest BCUT2D eigenvalue weighted by molar-refractivity contribution is -0.136. The number of halogens is 1. The molecule has 3 aromatic carbocycles. The number of aromatic hydroxyl groups is 1. The van der Waals surface area contributed by atoms with E-state index < -0.39 is 11.9 Å². The van der Waals surface area contributed by atoms with E-state index in [4.69, 9.17) is 4.74 Å². The molecule has 4 rings (SSSR count). The van der Waals surface area contributed by atoms with Crippen LogP contribution in [0.5, 0.6) is 5.75 Å². The van der Waals surface area contributed by atoms with Crippen molar-refractivity contribution in [3.8, 4) is 5.75 Å². The number of nitrogens with one attached hydrogen (secondary N) is 2. The van der Waals surface area contributed by atoms with E-state index in [0.717, 1.165) is 16.6 Å². The van der Waals surface area contributed by atoms with Crippen LogP contribution in [0, 0.1) is 0 Å². The number of methoxy groups -OCH3 is 1. The van der Waals surface area contributed by atoms with Crippen molar-refractivity contribution >= 4 is 50.8 Å². The smallest absolute Gasteiger partial charge is 0.354 e. The Balaban J connectivity index is 1.51. The highest BCUT2D eigenvalue weighted by Gasteiger charge is 2.19. The summed E-state index contributed by atoms with van der Waals surface area (Å²) in [6, 6.07) is 18.6. The number of ether oxygens (including phenoxy) is 1. The monoisotopic (exact) mass is 562 g/mol. The summed E-state index contributed by atoms with van der Waals surface area (Å²) in [6.45, 7) is 0.225. The van der Waals surface area contributed by atoms with Gasteiger partial charge in [-0.05, 0) is 64.0 Å². The van der Waals surface area contributed by atoms with Crippen molar-refractivity contribution in [1.82, 2.24) is 20.2 Å². The van der Waals surface area contributed by atoms with Gasteiger partial charge < -0.3 is 25.0 Å². The van der Waals surface area contributed by atoms with Crippen LogP contribution in [0.2, 0.25) is 0 Å². The summed E-state index contributed by atoms with van der Waals surface area (Å²) in [7, 11) is 3.02. The minimum atomic E-state index is -0.737. The number of hydrogen-bond acceptors (Lipinski definition) is 6. The maximum absolute atomic E-state index is 13.0. The molecule has 0 saturated heterocycles. The highest BCUT2D eigenvalue weighted by Crippen LogP contribution is 2.21. The fourth-order valence-corrected chi connectivity index (χ4v) is 4.22. The molecule has 0 unspecified atom stereocenters. The number of imidazole rings is 1. The van der Waals surface area contributed by atoms with Crippen LogP contribution in [0.3, 0.4) is 0 Å². The topological polar surface area (TPSA) is 123 Å². The molecule has 4 aromatic rings. The first-order chi connectivity index (χ1) is 17.8. The predicted molar refractivity (Wildman–Crippen MR) is 142 cm³/mol. The van der Waals surface area contributed by atoms with Crippen LogP contribution in [0.15, 0.2) is 76.9 Å². The largest absolute Gasteiger partial charge is 0.508 e. The molecule has 1 heterocycles. The zero-order valence-electron chi connectivity index (χ0n) is 20.0. The quantitative estimate of drug-likeness (QED) is 0.232. The van der Waals surface area contributed by atoms with Gasteiger partial charge >= 0.3 is 5.97 Å². The van der Waals surface area contributed by atoms with Gasteiger partial charge in [0.2, 0.25) is 0 Å². The lowest BCUT2D eigenvalue weighted by atomic mass is 10.1. The van der Waals surface area contributed by atoms with Gasteiger partial charge in [-0.2, -0.15) is 0 Å². The van der Waals surface area contributed by atoms with E-state index in [-0.39, 0.29) is 29.5 Å². The normalized spacial score (nSPS) is 11.3. The van der Waals surface area contributed by atoms with Crippen LogP contribution in [-0.2, 0) is 23.1 Å². The molecule has 10 heteroatoms. The summed E-state index contributed by atoms with van der Waals surface area (Å²) in [4.78, 5) is 42.5. The molecule has 9 nitrogen and oxygen atoms in total. The summed E-state index contributed by atoms with van der Waals surface area (Å²) in [5.41, 5.74) is 2.80. The number of aryl methyl sites for hydroxylation is 1. The van der Waals surface area contributed by atoms with E-state index in [1.165, 1.54) is 31.4 Å². The molecule has 0 bridgehead atoms. The minimum absolute atomic E-state index is 0.0919. The number of para-hydroxylation sites is 2. The Bertz CT molecular complexity index is 1540. The average molecular weight is 563 g/mol.